The SMILES string of the molecule is NS(=O)(=O)c1ccc(C(=O)ON2CCNCC2)cc1. The number of hydrogen-bond donors (Lipinski definition) is 2. The van der Waals surface area contributed by atoms with E-state index in [1.807, 2.05) is 0 Å². The molecule has 0 saturated carbocycles. The van der Waals surface area contributed by atoms with Crippen molar-refractivity contribution in [3.63, 3.8) is 0 Å². The van der Waals surface area contributed by atoms with Gasteiger partial charge < -0.3 is 10.2 Å². The predicted octanol–water partition coefficient (Wildman–Crippen LogP) is -0.689. The molecule has 7 nitrogen and oxygen atoms in total. The van der Waals surface area contributed by atoms with Gasteiger partial charge in [-0.15, -0.1) is 5.06 Å². The van der Waals surface area contributed by atoms with E-state index in [0.29, 0.717) is 13.1 Å². The number of carbonyl (C=O) groups excluding carboxylic acids is 1. The molecule has 0 radical (unpaired) electrons. The summed E-state index contributed by atoms with van der Waals surface area (Å²) in [4.78, 5) is 16.9. The normalized spacial score (nSPS) is 17.1. The van der Waals surface area contributed by atoms with E-state index in [0.717, 1.165) is 13.1 Å². The predicted molar refractivity (Wildman–Crippen MR) is 67.7 cm³/mol. The van der Waals surface area contributed by atoms with Gasteiger partial charge in [0, 0.05) is 26.2 Å². The number of hydroxylamine groups is 2. The molecule has 0 unspecified atom stereocenters. The van der Waals surface area contributed by atoms with E-state index in [1.54, 1.807) is 5.06 Å². The van der Waals surface area contributed by atoms with E-state index in [1.165, 1.54) is 24.3 Å². The van der Waals surface area contributed by atoms with Crippen LogP contribution in [-0.4, -0.2) is 45.6 Å². The molecule has 0 bridgehead atoms. The number of hydrogen-bond acceptors (Lipinski definition) is 6. The first kappa shape index (κ1) is 13.9. The van der Waals surface area contributed by atoms with Crippen LogP contribution in [0.4, 0.5) is 0 Å². The Kier molecular flexibility index (Phi) is 4.15. The van der Waals surface area contributed by atoms with Crippen molar-refractivity contribution in [3.8, 4) is 0 Å². The van der Waals surface area contributed by atoms with E-state index in [9.17, 15) is 13.2 Å². The summed E-state index contributed by atoms with van der Waals surface area (Å²) in [7, 11) is -3.74. The Morgan fingerprint density at radius 2 is 1.79 bits per heavy atom. The van der Waals surface area contributed by atoms with Gasteiger partial charge in [-0.1, -0.05) is 0 Å². The van der Waals surface area contributed by atoms with Crippen molar-refractivity contribution in [3.05, 3.63) is 29.8 Å². The summed E-state index contributed by atoms with van der Waals surface area (Å²) < 4.78 is 22.2. The summed E-state index contributed by atoms with van der Waals surface area (Å²) in [5.74, 6) is -0.511. The van der Waals surface area contributed by atoms with Crippen LogP contribution in [0.5, 0.6) is 0 Å². The standard InChI is InChI=1S/C11H15N3O4S/c12-19(16,17)10-3-1-9(2-4-10)11(15)18-14-7-5-13-6-8-14/h1-4,13H,5-8H2,(H2,12,16,17). The molecule has 1 aliphatic rings. The van der Waals surface area contributed by atoms with Crippen molar-refractivity contribution in [1.82, 2.24) is 10.4 Å². The maximum absolute atomic E-state index is 11.8. The minimum Gasteiger partial charge on any atom is -0.364 e. The van der Waals surface area contributed by atoms with Gasteiger partial charge >= 0.3 is 5.97 Å². The molecular formula is C11H15N3O4S. The molecule has 1 aromatic rings. The molecule has 1 aromatic carbocycles. The molecular weight excluding hydrogens is 270 g/mol. The van der Waals surface area contributed by atoms with Crippen LogP contribution in [0.2, 0.25) is 0 Å². The average Bonchev–Trinajstić information content (AvgIpc) is 2.39. The second kappa shape index (κ2) is 5.66. The quantitative estimate of drug-likeness (QED) is 0.762. The van der Waals surface area contributed by atoms with Crippen molar-refractivity contribution in [2.45, 2.75) is 4.90 Å². The first-order chi connectivity index (χ1) is 8.97. The van der Waals surface area contributed by atoms with Gasteiger partial charge in [0.15, 0.2) is 0 Å². The maximum atomic E-state index is 11.8. The molecule has 3 N–H and O–H groups in total. The van der Waals surface area contributed by atoms with Gasteiger partial charge in [0.25, 0.3) is 0 Å². The summed E-state index contributed by atoms with van der Waals surface area (Å²) in [5, 5.41) is 9.69. The van der Waals surface area contributed by atoms with Crippen LogP contribution in [0.25, 0.3) is 0 Å². The first-order valence-corrected chi connectivity index (χ1v) is 7.32. The van der Waals surface area contributed by atoms with E-state index < -0.39 is 16.0 Å². The Bertz CT molecular complexity index is 550. The van der Waals surface area contributed by atoms with Crippen molar-refractivity contribution in [2.75, 3.05) is 26.2 Å². The summed E-state index contributed by atoms with van der Waals surface area (Å²) in [6.07, 6.45) is 0. The molecule has 2 rings (SSSR count). The van der Waals surface area contributed by atoms with Gasteiger partial charge in [-0.2, -0.15) is 0 Å². The smallest absolute Gasteiger partial charge is 0.357 e. The molecule has 0 amide bonds. The van der Waals surface area contributed by atoms with Crippen molar-refractivity contribution >= 4 is 16.0 Å². The molecule has 0 aromatic heterocycles. The lowest BCUT2D eigenvalue weighted by atomic mass is 10.2. The fourth-order valence-corrected chi connectivity index (χ4v) is 2.20. The molecule has 8 heteroatoms. The molecule has 104 valence electrons. The van der Waals surface area contributed by atoms with E-state index >= 15 is 0 Å². The van der Waals surface area contributed by atoms with Gasteiger partial charge in [0.1, 0.15) is 0 Å². The van der Waals surface area contributed by atoms with Gasteiger partial charge in [0.2, 0.25) is 10.0 Å². The zero-order valence-electron chi connectivity index (χ0n) is 10.2. The number of nitrogens with one attached hydrogen (secondary N) is 1. The van der Waals surface area contributed by atoms with E-state index in [-0.39, 0.29) is 10.5 Å². The van der Waals surface area contributed by atoms with Crippen LogP contribution in [-0.2, 0) is 14.9 Å². The minimum absolute atomic E-state index is 0.0359. The highest BCUT2D eigenvalue weighted by atomic mass is 32.2. The molecule has 0 aliphatic carbocycles. The first-order valence-electron chi connectivity index (χ1n) is 5.77. The minimum atomic E-state index is -3.74. The second-order valence-corrected chi connectivity index (χ2v) is 5.69. The number of piperazine rings is 1. The number of rotatable bonds is 3. The number of sulfonamides is 1. The molecule has 19 heavy (non-hydrogen) atoms. The van der Waals surface area contributed by atoms with Crippen molar-refractivity contribution in [2.24, 2.45) is 5.14 Å². The van der Waals surface area contributed by atoms with Crippen molar-refractivity contribution in [1.29, 1.82) is 0 Å². The highest BCUT2D eigenvalue weighted by Gasteiger charge is 2.17. The van der Waals surface area contributed by atoms with Gasteiger partial charge in [-0.3, -0.25) is 0 Å². The van der Waals surface area contributed by atoms with Crippen LogP contribution in [0.15, 0.2) is 29.2 Å². The van der Waals surface area contributed by atoms with Crippen LogP contribution < -0.4 is 10.5 Å². The Balaban J connectivity index is 2.03. The Morgan fingerprint density at radius 3 is 2.32 bits per heavy atom. The topological polar surface area (TPSA) is 102 Å². The Hall–Kier alpha value is -1.48. The third-order valence-corrected chi connectivity index (χ3v) is 3.64. The zero-order chi connectivity index (χ0) is 13.9. The summed E-state index contributed by atoms with van der Waals surface area (Å²) in [6, 6.07) is 5.32. The van der Waals surface area contributed by atoms with Crippen LogP contribution in [0, 0.1) is 0 Å². The van der Waals surface area contributed by atoms with Crippen LogP contribution >= 0.6 is 0 Å². The lowest BCUT2D eigenvalue weighted by Gasteiger charge is -2.25. The highest BCUT2D eigenvalue weighted by molar-refractivity contribution is 7.89. The lowest BCUT2D eigenvalue weighted by Crippen LogP contribution is -2.44. The molecule has 0 atom stereocenters. The van der Waals surface area contributed by atoms with Gasteiger partial charge in [-0.05, 0) is 24.3 Å². The van der Waals surface area contributed by atoms with Crippen LogP contribution in [0.3, 0.4) is 0 Å². The van der Waals surface area contributed by atoms with Crippen LogP contribution in [0.1, 0.15) is 10.4 Å². The van der Waals surface area contributed by atoms with Gasteiger partial charge in [0.05, 0.1) is 10.5 Å². The summed E-state index contributed by atoms with van der Waals surface area (Å²) >= 11 is 0. The number of primary sulfonamides is 1. The summed E-state index contributed by atoms with van der Waals surface area (Å²) in [5.41, 5.74) is 0.283. The molecule has 1 saturated heterocycles. The second-order valence-electron chi connectivity index (χ2n) is 4.13. The monoisotopic (exact) mass is 285 g/mol. The number of carbonyl (C=O) groups is 1. The largest absolute Gasteiger partial charge is 0.364 e. The molecule has 1 fully saturated rings. The third-order valence-electron chi connectivity index (χ3n) is 2.71. The number of benzene rings is 1. The summed E-state index contributed by atoms with van der Waals surface area (Å²) in [6.45, 7) is 2.78. The van der Waals surface area contributed by atoms with E-state index in [4.69, 9.17) is 9.98 Å². The third kappa shape index (κ3) is 3.74. The highest BCUT2D eigenvalue weighted by Crippen LogP contribution is 2.10. The fraction of sp³-hybridized carbons (Fsp3) is 0.364. The number of nitrogens with two attached hydrogens (primary N) is 1. The number of nitrogens with zero attached hydrogens (tertiary/aromatic N) is 1. The fourth-order valence-electron chi connectivity index (χ4n) is 1.69. The zero-order valence-corrected chi connectivity index (χ0v) is 11.0. The molecule has 1 heterocycles. The maximum Gasteiger partial charge on any atom is 0.357 e. The average molecular weight is 285 g/mol. The lowest BCUT2D eigenvalue weighted by molar-refractivity contribution is -0.115. The van der Waals surface area contributed by atoms with Crippen molar-refractivity contribution < 1.29 is 18.0 Å². The molecule has 0 spiro atoms. The Labute approximate surface area is 111 Å². The Morgan fingerprint density at radius 1 is 1.21 bits per heavy atom. The molecule has 1 aliphatic heterocycles. The van der Waals surface area contributed by atoms with Gasteiger partial charge in [-0.25, -0.2) is 18.4 Å². The van der Waals surface area contributed by atoms with E-state index in [2.05, 4.69) is 5.32 Å².